The summed E-state index contributed by atoms with van der Waals surface area (Å²) in [7, 11) is 0. The molecule has 0 spiro atoms. The predicted octanol–water partition coefficient (Wildman–Crippen LogP) is 2.30. The molecule has 4 heteroatoms. The Morgan fingerprint density at radius 2 is 2.31 bits per heavy atom. The van der Waals surface area contributed by atoms with E-state index in [0.717, 1.165) is 15.8 Å². The van der Waals surface area contributed by atoms with E-state index in [9.17, 15) is 4.79 Å². The van der Waals surface area contributed by atoms with E-state index in [4.69, 9.17) is 5.11 Å². The second-order valence-electron chi connectivity index (χ2n) is 2.74. The van der Waals surface area contributed by atoms with E-state index in [0.29, 0.717) is 5.56 Å². The van der Waals surface area contributed by atoms with Crippen molar-refractivity contribution in [3.63, 3.8) is 0 Å². The van der Waals surface area contributed by atoms with Crippen LogP contribution in [-0.2, 0) is 0 Å². The molecule has 2 rings (SSSR count). The number of carbonyl (C=O) groups is 1. The molecule has 1 N–H and O–H groups in total. The first-order valence-electron chi connectivity index (χ1n) is 3.76. The average Bonchev–Trinajstić information content (AvgIpc) is 2.52. The van der Waals surface area contributed by atoms with Crippen molar-refractivity contribution in [3.8, 4) is 0 Å². The molecule has 1 heterocycles. The van der Waals surface area contributed by atoms with Crippen LogP contribution >= 0.6 is 11.3 Å². The van der Waals surface area contributed by atoms with Crippen LogP contribution in [0.1, 0.15) is 15.9 Å². The normalized spacial score (nSPS) is 10.5. The summed E-state index contributed by atoms with van der Waals surface area (Å²) in [5, 5.41) is 8.85. The lowest BCUT2D eigenvalue weighted by molar-refractivity contribution is 0.0696. The Bertz CT molecular complexity index is 475. The van der Waals surface area contributed by atoms with E-state index >= 15 is 0 Å². The molecule has 0 saturated heterocycles. The molecule has 0 fully saturated rings. The summed E-state index contributed by atoms with van der Waals surface area (Å²) in [6.07, 6.45) is 0. The van der Waals surface area contributed by atoms with Crippen molar-refractivity contribution in [2.24, 2.45) is 0 Å². The van der Waals surface area contributed by atoms with Crippen LogP contribution in [0.25, 0.3) is 10.2 Å². The fraction of sp³-hybridized carbons (Fsp3) is 0.111. The minimum Gasteiger partial charge on any atom is -0.478 e. The molecule has 1 aromatic heterocycles. The van der Waals surface area contributed by atoms with Gasteiger partial charge in [-0.15, -0.1) is 11.3 Å². The fourth-order valence-electron chi connectivity index (χ4n) is 1.30. The maximum atomic E-state index is 10.8. The molecule has 0 radical (unpaired) electrons. The highest BCUT2D eigenvalue weighted by molar-refractivity contribution is 7.17. The monoisotopic (exact) mass is 193 g/mol. The number of carboxylic acid groups (broad SMARTS) is 1. The number of aromatic nitrogens is 1. The van der Waals surface area contributed by atoms with Gasteiger partial charge in [0.1, 0.15) is 0 Å². The molecular formula is C9H7NO2S. The number of fused-ring (bicyclic) bond motifs is 1. The van der Waals surface area contributed by atoms with Crippen LogP contribution < -0.4 is 0 Å². The first-order chi connectivity index (χ1) is 6.20. The zero-order valence-corrected chi connectivity index (χ0v) is 7.76. The number of hydrogen-bond acceptors (Lipinski definition) is 3. The molecule has 0 amide bonds. The molecular weight excluding hydrogens is 186 g/mol. The van der Waals surface area contributed by atoms with Crippen molar-refractivity contribution in [1.29, 1.82) is 0 Å². The minimum absolute atomic E-state index is 0.358. The van der Waals surface area contributed by atoms with Gasteiger partial charge in [-0.1, -0.05) is 0 Å². The van der Waals surface area contributed by atoms with Gasteiger partial charge < -0.3 is 5.11 Å². The Morgan fingerprint density at radius 1 is 1.54 bits per heavy atom. The highest BCUT2D eigenvalue weighted by Crippen LogP contribution is 2.24. The third-order valence-electron chi connectivity index (χ3n) is 1.98. The molecule has 0 aliphatic rings. The molecule has 0 aliphatic carbocycles. The predicted molar refractivity (Wildman–Crippen MR) is 51.3 cm³/mol. The summed E-state index contributed by atoms with van der Waals surface area (Å²) >= 11 is 1.47. The van der Waals surface area contributed by atoms with Gasteiger partial charge in [0.05, 0.1) is 21.3 Å². The molecule has 3 nitrogen and oxygen atoms in total. The molecule has 0 saturated carbocycles. The number of aromatic carboxylic acids is 1. The first-order valence-corrected chi connectivity index (χ1v) is 4.64. The molecule has 0 unspecified atom stereocenters. The number of aryl methyl sites for hydroxylation is 1. The van der Waals surface area contributed by atoms with Crippen LogP contribution in [-0.4, -0.2) is 16.1 Å². The quantitative estimate of drug-likeness (QED) is 0.756. The zero-order valence-electron chi connectivity index (χ0n) is 6.94. The van der Waals surface area contributed by atoms with Gasteiger partial charge in [0, 0.05) is 0 Å². The van der Waals surface area contributed by atoms with E-state index in [1.807, 2.05) is 6.92 Å². The van der Waals surface area contributed by atoms with Crippen LogP contribution in [0.4, 0.5) is 0 Å². The minimum atomic E-state index is -0.882. The third kappa shape index (κ3) is 1.19. The molecule has 13 heavy (non-hydrogen) atoms. The van der Waals surface area contributed by atoms with Gasteiger partial charge in [0.15, 0.2) is 0 Å². The molecule has 2 aromatic rings. The van der Waals surface area contributed by atoms with E-state index in [1.165, 1.54) is 11.3 Å². The summed E-state index contributed by atoms with van der Waals surface area (Å²) in [6, 6.07) is 3.34. The van der Waals surface area contributed by atoms with Gasteiger partial charge in [-0.2, -0.15) is 0 Å². The van der Waals surface area contributed by atoms with Gasteiger partial charge in [-0.05, 0) is 24.6 Å². The third-order valence-corrected chi connectivity index (χ3v) is 2.94. The standard InChI is InChI=1S/C9H7NO2S/c1-5-6(9(11)12)2-3-7-8(5)13-4-10-7/h2-4H,1H3,(H,11,12). The highest BCUT2D eigenvalue weighted by atomic mass is 32.1. The van der Waals surface area contributed by atoms with Crippen molar-refractivity contribution in [2.45, 2.75) is 6.92 Å². The number of rotatable bonds is 1. The maximum Gasteiger partial charge on any atom is 0.336 e. The smallest absolute Gasteiger partial charge is 0.336 e. The molecule has 1 aromatic carbocycles. The summed E-state index contributed by atoms with van der Waals surface area (Å²) in [5.74, 6) is -0.882. The van der Waals surface area contributed by atoms with E-state index in [1.54, 1.807) is 17.6 Å². The Labute approximate surface area is 78.7 Å². The number of hydrogen-bond donors (Lipinski definition) is 1. The highest BCUT2D eigenvalue weighted by Gasteiger charge is 2.10. The number of thiazole rings is 1. The number of carboxylic acids is 1. The molecule has 0 bridgehead atoms. The Morgan fingerprint density at radius 3 is 3.00 bits per heavy atom. The Kier molecular flexibility index (Phi) is 1.77. The summed E-state index contributed by atoms with van der Waals surface area (Å²) in [6.45, 7) is 1.81. The average molecular weight is 193 g/mol. The second kappa shape index (κ2) is 2.81. The maximum absolute atomic E-state index is 10.8. The number of nitrogens with zero attached hydrogens (tertiary/aromatic N) is 1. The van der Waals surface area contributed by atoms with Crippen molar-refractivity contribution < 1.29 is 9.90 Å². The van der Waals surface area contributed by atoms with Crippen LogP contribution in [0, 0.1) is 6.92 Å². The van der Waals surface area contributed by atoms with Gasteiger partial charge in [-0.3, -0.25) is 0 Å². The van der Waals surface area contributed by atoms with E-state index < -0.39 is 5.97 Å². The number of benzene rings is 1. The fourth-order valence-corrected chi connectivity index (χ4v) is 2.10. The second-order valence-corrected chi connectivity index (χ2v) is 3.60. The van der Waals surface area contributed by atoms with Crippen LogP contribution in [0.2, 0.25) is 0 Å². The van der Waals surface area contributed by atoms with Crippen molar-refractivity contribution >= 4 is 27.5 Å². The SMILES string of the molecule is Cc1c(C(=O)O)ccc2ncsc12. The Hall–Kier alpha value is -1.42. The van der Waals surface area contributed by atoms with Crippen LogP contribution in [0.3, 0.4) is 0 Å². The summed E-state index contributed by atoms with van der Waals surface area (Å²) in [4.78, 5) is 14.9. The summed E-state index contributed by atoms with van der Waals surface area (Å²) in [5.41, 5.74) is 3.75. The van der Waals surface area contributed by atoms with Crippen molar-refractivity contribution in [1.82, 2.24) is 4.98 Å². The first kappa shape index (κ1) is 8.19. The van der Waals surface area contributed by atoms with Gasteiger partial charge in [-0.25, -0.2) is 9.78 Å². The van der Waals surface area contributed by atoms with Gasteiger partial charge in [0.25, 0.3) is 0 Å². The Balaban J connectivity index is 2.80. The van der Waals surface area contributed by atoms with Crippen LogP contribution in [0.5, 0.6) is 0 Å². The molecule has 0 atom stereocenters. The lowest BCUT2D eigenvalue weighted by atomic mass is 10.1. The lowest BCUT2D eigenvalue weighted by Crippen LogP contribution is -1.98. The molecule has 66 valence electrons. The summed E-state index contributed by atoms with van der Waals surface area (Å²) < 4.78 is 0.958. The topological polar surface area (TPSA) is 50.2 Å². The van der Waals surface area contributed by atoms with Crippen molar-refractivity contribution in [3.05, 3.63) is 28.8 Å². The van der Waals surface area contributed by atoms with Gasteiger partial charge >= 0.3 is 5.97 Å². The van der Waals surface area contributed by atoms with E-state index in [2.05, 4.69) is 4.98 Å². The van der Waals surface area contributed by atoms with Crippen molar-refractivity contribution in [2.75, 3.05) is 0 Å². The van der Waals surface area contributed by atoms with E-state index in [-0.39, 0.29) is 0 Å². The largest absolute Gasteiger partial charge is 0.478 e. The molecule has 0 aliphatic heterocycles. The lowest BCUT2D eigenvalue weighted by Gasteiger charge is -1.99. The van der Waals surface area contributed by atoms with Crippen LogP contribution in [0.15, 0.2) is 17.6 Å². The van der Waals surface area contributed by atoms with Gasteiger partial charge in [0.2, 0.25) is 0 Å². The zero-order chi connectivity index (χ0) is 9.42.